The van der Waals surface area contributed by atoms with Gasteiger partial charge in [-0.2, -0.15) is 4.09 Å². The van der Waals surface area contributed by atoms with Gasteiger partial charge in [0.15, 0.2) is 0 Å². The van der Waals surface area contributed by atoms with Gasteiger partial charge < -0.3 is 0 Å². The Morgan fingerprint density at radius 1 is 1.27 bits per heavy atom. The van der Waals surface area contributed by atoms with E-state index in [2.05, 4.69) is 34.4 Å². The minimum absolute atomic E-state index is 0.139. The smallest absolute Gasteiger partial charge is 0.117 e. The van der Waals surface area contributed by atoms with E-state index in [4.69, 9.17) is 4.84 Å². The van der Waals surface area contributed by atoms with Crippen molar-refractivity contribution in [1.82, 2.24) is 4.09 Å². The number of nitrogens with zero attached hydrogens (tertiary/aromatic N) is 1. The fourth-order valence-electron chi connectivity index (χ4n) is 1.75. The second-order valence-corrected chi connectivity index (χ2v) is 4.61. The molecule has 0 amide bonds. The van der Waals surface area contributed by atoms with Crippen LogP contribution < -0.4 is 0 Å². The summed E-state index contributed by atoms with van der Waals surface area (Å²) in [5.74, 6) is 0.672. The van der Waals surface area contributed by atoms with Crippen LogP contribution in [0.25, 0.3) is 5.70 Å². The summed E-state index contributed by atoms with van der Waals surface area (Å²) < 4.78 is 1.66. The molecule has 0 N–H and O–H groups in total. The summed E-state index contributed by atoms with van der Waals surface area (Å²) in [4.78, 5) is 5.65. The molecular weight excluding hydrogens is 254 g/mol. The normalized spacial score (nSPS) is 25.5. The molecule has 1 heterocycles. The van der Waals surface area contributed by atoms with E-state index >= 15 is 0 Å². The van der Waals surface area contributed by atoms with Gasteiger partial charge in [0, 0.05) is 11.6 Å². The monoisotopic (exact) mass is 264 g/mol. The Morgan fingerprint density at radius 3 is 2.67 bits per heavy atom. The Hall–Kier alpha value is -0.800. The lowest BCUT2D eigenvalue weighted by Crippen LogP contribution is -2.12. The Balaban J connectivity index is 1.88. The van der Waals surface area contributed by atoms with Gasteiger partial charge in [-0.25, -0.2) is 0 Å². The lowest BCUT2D eigenvalue weighted by atomic mass is 10.1. The topological polar surface area (TPSA) is 12.5 Å². The first-order valence-electron chi connectivity index (χ1n) is 5.16. The molecule has 1 aliphatic heterocycles. The highest BCUT2D eigenvalue weighted by Gasteiger charge is 2.37. The zero-order chi connectivity index (χ0) is 10.3. The van der Waals surface area contributed by atoms with Crippen LogP contribution >= 0.6 is 16.1 Å². The van der Waals surface area contributed by atoms with Crippen LogP contribution in [0.5, 0.6) is 0 Å². The van der Waals surface area contributed by atoms with Gasteiger partial charge in [-0.15, -0.1) is 0 Å². The van der Waals surface area contributed by atoms with Crippen LogP contribution in [0, 0.1) is 12.0 Å². The van der Waals surface area contributed by atoms with Crippen molar-refractivity contribution in [3.05, 3.63) is 42.0 Å². The van der Waals surface area contributed by atoms with Gasteiger partial charge in [0.05, 0.1) is 21.8 Å². The second kappa shape index (κ2) is 3.65. The molecule has 1 fully saturated rings. The summed E-state index contributed by atoms with van der Waals surface area (Å²) >= 11 is 3.39. The minimum atomic E-state index is 0.139. The van der Waals surface area contributed by atoms with E-state index in [0.29, 0.717) is 5.92 Å². The Labute approximate surface area is 97.8 Å². The molecule has 0 aromatic heterocycles. The molecule has 2 nitrogen and oxygen atoms in total. The van der Waals surface area contributed by atoms with Gasteiger partial charge in [0.25, 0.3) is 0 Å². The molecule has 1 unspecified atom stereocenters. The van der Waals surface area contributed by atoms with Crippen LogP contribution in [0.4, 0.5) is 0 Å². The molecule has 1 aliphatic carbocycles. The first-order valence-corrected chi connectivity index (χ1v) is 5.87. The molecule has 0 spiro atoms. The van der Waals surface area contributed by atoms with E-state index in [-0.39, 0.29) is 6.10 Å². The van der Waals surface area contributed by atoms with Crippen LogP contribution in [0.3, 0.4) is 0 Å². The Bertz CT molecular complexity index is 386. The molecule has 1 aromatic carbocycles. The van der Waals surface area contributed by atoms with Crippen LogP contribution in [0.15, 0.2) is 30.3 Å². The van der Waals surface area contributed by atoms with Gasteiger partial charge in [-0.3, -0.25) is 4.84 Å². The summed E-state index contributed by atoms with van der Waals surface area (Å²) in [6.07, 6.45) is 6.06. The minimum Gasteiger partial charge on any atom is -0.254 e. The maximum atomic E-state index is 5.65. The average Bonchev–Trinajstić information content (AvgIpc) is 3.04. The number of rotatable bonds is 2. The zero-order valence-corrected chi connectivity index (χ0v) is 9.78. The third-order valence-electron chi connectivity index (χ3n) is 2.76. The van der Waals surface area contributed by atoms with Gasteiger partial charge >= 0.3 is 0 Å². The lowest BCUT2D eigenvalue weighted by molar-refractivity contribution is -0.0498. The van der Waals surface area contributed by atoms with Crippen molar-refractivity contribution in [2.75, 3.05) is 0 Å². The molecule has 3 rings (SSSR count). The highest BCUT2D eigenvalue weighted by molar-refractivity contribution is 9.07. The van der Waals surface area contributed by atoms with Crippen LogP contribution in [0.2, 0.25) is 0 Å². The fourth-order valence-corrected chi connectivity index (χ4v) is 2.24. The SMILES string of the molecule is BrN1OC(C2CC2)[C]=C1c1ccccc1. The fraction of sp³-hybridized carbons (Fsp3) is 0.333. The molecule has 1 atom stereocenters. The number of hydrogen-bond acceptors (Lipinski definition) is 2. The van der Waals surface area contributed by atoms with E-state index < -0.39 is 0 Å². The molecular formula is C12H11BrNO. The molecule has 1 radical (unpaired) electrons. The molecule has 77 valence electrons. The molecule has 15 heavy (non-hydrogen) atoms. The summed E-state index contributed by atoms with van der Waals surface area (Å²) in [5.41, 5.74) is 2.13. The number of halogens is 1. The van der Waals surface area contributed by atoms with Crippen molar-refractivity contribution in [2.45, 2.75) is 18.9 Å². The van der Waals surface area contributed by atoms with Crippen molar-refractivity contribution in [1.29, 1.82) is 0 Å². The molecule has 0 saturated heterocycles. The summed E-state index contributed by atoms with van der Waals surface area (Å²) in [5, 5.41) is 0. The molecule has 2 aliphatic rings. The van der Waals surface area contributed by atoms with Crippen LogP contribution in [-0.2, 0) is 4.84 Å². The molecule has 0 bridgehead atoms. The van der Waals surface area contributed by atoms with Crippen LogP contribution in [0.1, 0.15) is 18.4 Å². The summed E-state index contributed by atoms with van der Waals surface area (Å²) in [7, 11) is 0. The maximum Gasteiger partial charge on any atom is 0.117 e. The number of hydroxylamine groups is 1. The predicted molar refractivity (Wildman–Crippen MR) is 61.5 cm³/mol. The van der Waals surface area contributed by atoms with E-state index in [1.807, 2.05) is 18.2 Å². The first-order chi connectivity index (χ1) is 7.34. The first kappa shape index (κ1) is 9.43. The quantitative estimate of drug-likeness (QED) is 0.761. The van der Waals surface area contributed by atoms with Gasteiger partial charge in [0.1, 0.15) is 6.10 Å². The maximum absolute atomic E-state index is 5.65. The van der Waals surface area contributed by atoms with Crippen molar-refractivity contribution >= 4 is 21.8 Å². The second-order valence-electron chi connectivity index (χ2n) is 3.97. The van der Waals surface area contributed by atoms with E-state index in [0.717, 1.165) is 11.3 Å². The highest BCUT2D eigenvalue weighted by atomic mass is 79.9. The van der Waals surface area contributed by atoms with Crippen molar-refractivity contribution in [3.63, 3.8) is 0 Å². The Kier molecular flexibility index (Phi) is 2.29. The van der Waals surface area contributed by atoms with Crippen molar-refractivity contribution < 1.29 is 4.84 Å². The average molecular weight is 265 g/mol. The highest BCUT2D eigenvalue weighted by Crippen LogP contribution is 2.41. The molecule has 1 saturated carbocycles. The van der Waals surface area contributed by atoms with E-state index in [1.54, 1.807) is 4.09 Å². The van der Waals surface area contributed by atoms with Crippen molar-refractivity contribution in [3.8, 4) is 0 Å². The zero-order valence-electron chi connectivity index (χ0n) is 8.19. The molecule has 3 heteroatoms. The van der Waals surface area contributed by atoms with Crippen molar-refractivity contribution in [2.24, 2.45) is 5.92 Å². The third kappa shape index (κ3) is 1.82. The molecule has 1 aromatic rings. The predicted octanol–water partition coefficient (Wildman–Crippen LogP) is 3.17. The largest absolute Gasteiger partial charge is 0.254 e. The van der Waals surface area contributed by atoms with Gasteiger partial charge in [0.2, 0.25) is 0 Å². The summed E-state index contributed by atoms with van der Waals surface area (Å²) in [6, 6.07) is 10.2. The number of hydrogen-bond donors (Lipinski definition) is 0. The third-order valence-corrected chi connectivity index (χ3v) is 3.28. The van der Waals surface area contributed by atoms with Gasteiger partial charge in [-0.1, -0.05) is 30.3 Å². The van der Waals surface area contributed by atoms with Crippen LogP contribution in [-0.4, -0.2) is 10.2 Å². The Morgan fingerprint density at radius 2 is 2.00 bits per heavy atom. The van der Waals surface area contributed by atoms with E-state index in [1.165, 1.54) is 12.8 Å². The lowest BCUT2D eigenvalue weighted by Gasteiger charge is -2.13. The summed E-state index contributed by atoms with van der Waals surface area (Å²) in [6.45, 7) is 0. The standard InChI is InChI=1S/C12H11BrNO/c13-14-11(9-4-2-1-3-5-9)8-12(15-14)10-6-7-10/h1-5,10,12H,6-7H2. The van der Waals surface area contributed by atoms with E-state index in [9.17, 15) is 0 Å². The van der Waals surface area contributed by atoms with Gasteiger partial charge in [-0.05, 0) is 18.8 Å². The number of benzene rings is 1.